The fourth-order valence-corrected chi connectivity index (χ4v) is 5.65. The van der Waals surface area contributed by atoms with E-state index in [0.717, 1.165) is 30.5 Å². The molecule has 32 heavy (non-hydrogen) atoms. The molecule has 7 heteroatoms. The first-order valence-electron chi connectivity index (χ1n) is 11.4. The summed E-state index contributed by atoms with van der Waals surface area (Å²) in [4.78, 5) is 28.6. The molecule has 0 unspecified atom stereocenters. The Kier molecular flexibility index (Phi) is 5.29. The Morgan fingerprint density at radius 3 is 2.81 bits per heavy atom. The Bertz CT molecular complexity index is 1050. The molecule has 0 aliphatic carbocycles. The van der Waals surface area contributed by atoms with Crippen molar-refractivity contribution in [3.05, 3.63) is 58.7 Å². The van der Waals surface area contributed by atoms with E-state index < -0.39 is 11.7 Å². The van der Waals surface area contributed by atoms with Crippen molar-refractivity contribution in [2.75, 3.05) is 13.1 Å². The van der Waals surface area contributed by atoms with E-state index >= 15 is 0 Å². The first kappa shape index (κ1) is 20.8. The van der Waals surface area contributed by atoms with Crippen molar-refractivity contribution in [1.29, 1.82) is 0 Å². The second-order valence-corrected chi connectivity index (χ2v) is 9.14. The summed E-state index contributed by atoms with van der Waals surface area (Å²) in [5.74, 6) is -1.07. The molecule has 2 aromatic carbocycles. The number of hydrogen-bond acceptors (Lipinski definition) is 5. The number of carbonyl (C=O) groups excluding carboxylic acids is 2. The number of aromatic hydroxyl groups is 2. The molecule has 0 spiro atoms. The fourth-order valence-electron chi connectivity index (χ4n) is 5.65. The van der Waals surface area contributed by atoms with E-state index in [4.69, 9.17) is 0 Å². The maximum atomic E-state index is 13.4. The van der Waals surface area contributed by atoms with Crippen LogP contribution in [0.5, 0.6) is 11.5 Å². The van der Waals surface area contributed by atoms with Crippen LogP contribution in [0.4, 0.5) is 0 Å². The molecular formula is C25H29N3O4. The van der Waals surface area contributed by atoms with E-state index in [1.165, 1.54) is 0 Å². The van der Waals surface area contributed by atoms with Gasteiger partial charge in [-0.1, -0.05) is 30.3 Å². The number of piperidine rings is 2. The lowest BCUT2D eigenvalue weighted by Crippen LogP contribution is -2.58. The van der Waals surface area contributed by atoms with Crippen molar-refractivity contribution in [3.63, 3.8) is 0 Å². The highest BCUT2D eigenvalue weighted by atomic mass is 16.3. The van der Waals surface area contributed by atoms with Crippen LogP contribution in [0.3, 0.4) is 0 Å². The van der Waals surface area contributed by atoms with E-state index in [2.05, 4.69) is 10.6 Å². The average molecular weight is 436 g/mol. The smallest absolute Gasteiger partial charge is 0.256 e. The van der Waals surface area contributed by atoms with Gasteiger partial charge in [0, 0.05) is 12.6 Å². The molecule has 2 aromatic rings. The standard InChI is InChI=1S/C25H29N3O4/c1-14(15-6-3-2-4-7-15)27-24(31)22-21-16(12-20(29)23(22)30)9-11-28-19(21)13-18-17(25(28)32)8-5-10-26-18/h2-4,6-7,12,14,17-19,26,29-30H,5,8-11,13H2,1H3,(H,27,31)/t14-,17+,18+,19+/m1/s1. The summed E-state index contributed by atoms with van der Waals surface area (Å²) in [7, 11) is 0. The largest absolute Gasteiger partial charge is 0.504 e. The zero-order chi connectivity index (χ0) is 22.4. The predicted molar refractivity (Wildman–Crippen MR) is 119 cm³/mol. The maximum Gasteiger partial charge on any atom is 0.256 e. The van der Waals surface area contributed by atoms with Gasteiger partial charge in [-0.15, -0.1) is 0 Å². The van der Waals surface area contributed by atoms with Crippen LogP contribution in [-0.4, -0.2) is 46.1 Å². The van der Waals surface area contributed by atoms with Gasteiger partial charge < -0.3 is 25.7 Å². The van der Waals surface area contributed by atoms with Gasteiger partial charge in [0.05, 0.1) is 23.6 Å². The van der Waals surface area contributed by atoms with Crippen LogP contribution in [0.25, 0.3) is 0 Å². The van der Waals surface area contributed by atoms with E-state index in [9.17, 15) is 19.8 Å². The number of nitrogens with one attached hydrogen (secondary N) is 2. The van der Waals surface area contributed by atoms with E-state index in [0.29, 0.717) is 24.9 Å². The minimum atomic E-state index is -0.445. The van der Waals surface area contributed by atoms with Crippen LogP contribution in [0.15, 0.2) is 36.4 Å². The molecule has 2 saturated heterocycles. The molecule has 0 saturated carbocycles. The second kappa shape index (κ2) is 8.13. The molecule has 4 atom stereocenters. The summed E-state index contributed by atoms with van der Waals surface area (Å²) in [5, 5.41) is 27.6. The zero-order valence-electron chi connectivity index (χ0n) is 18.2. The predicted octanol–water partition coefficient (Wildman–Crippen LogP) is 2.79. The highest BCUT2D eigenvalue weighted by Gasteiger charge is 2.46. The van der Waals surface area contributed by atoms with E-state index in [1.807, 2.05) is 42.2 Å². The van der Waals surface area contributed by atoms with Gasteiger partial charge in [0.2, 0.25) is 5.91 Å². The third-order valence-corrected chi connectivity index (χ3v) is 7.27. The lowest BCUT2D eigenvalue weighted by Gasteiger charge is -2.48. The molecule has 3 aliphatic heterocycles. The number of nitrogens with zero attached hydrogens (tertiary/aromatic N) is 1. The number of fused-ring (bicyclic) bond motifs is 4. The number of rotatable bonds is 3. The van der Waals surface area contributed by atoms with Crippen LogP contribution in [0.2, 0.25) is 0 Å². The van der Waals surface area contributed by atoms with Gasteiger partial charge in [0.1, 0.15) is 0 Å². The van der Waals surface area contributed by atoms with Crippen molar-refractivity contribution in [2.24, 2.45) is 5.92 Å². The van der Waals surface area contributed by atoms with Crippen LogP contribution in [0, 0.1) is 5.92 Å². The van der Waals surface area contributed by atoms with Crippen molar-refractivity contribution in [2.45, 2.75) is 50.7 Å². The number of carbonyl (C=O) groups is 2. The summed E-state index contributed by atoms with van der Waals surface area (Å²) < 4.78 is 0. The quantitative estimate of drug-likeness (QED) is 0.556. The monoisotopic (exact) mass is 435 g/mol. The molecular weight excluding hydrogens is 406 g/mol. The second-order valence-electron chi connectivity index (χ2n) is 9.14. The first-order valence-corrected chi connectivity index (χ1v) is 11.4. The Morgan fingerprint density at radius 1 is 1.25 bits per heavy atom. The van der Waals surface area contributed by atoms with Crippen LogP contribution in [0.1, 0.15) is 65.3 Å². The van der Waals surface area contributed by atoms with Crippen molar-refractivity contribution in [3.8, 4) is 11.5 Å². The zero-order valence-corrected chi connectivity index (χ0v) is 18.2. The molecule has 168 valence electrons. The molecule has 0 bridgehead atoms. The van der Waals surface area contributed by atoms with Gasteiger partial charge in [-0.25, -0.2) is 0 Å². The van der Waals surface area contributed by atoms with Gasteiger partial charge in [-0.3, -0.25) is 9.59 Å². The molecule has 5 rings (SSSR count). The van der Waals surface area contributed by atoms with Gasteiger partial charge in [-0.05, 0) is 61.9 Å². The van der Waals surface area contributed by atoms with E-state index in [1.54, 1.807) is 6.07 Å². The molecule has 2 fully saturated rings. The Hall–Kier alpha value is -3.06. The first-order chi connectivity index (χ1) is 15.5. The average Bonchev–Trinajstić information content (AvgIpc) is 2.80. The van der Waals surface area contributed by atoms with Gasteiger partial charge in [0.15, 0.2) is 11.5 Å². The molecule has 4 N–H and O–H groups in total. The topological polar surface area (TPSA) is 102 Å². The van der Waals surface area contributed by atoms with Gasteiger partial charge in [0.25, 0.3) is 5.91 Å². The normalized spacial score (nSPS) is 25.3. The molecule has 3 aliphatic rings. The number of hydrogen-bond donors (Lipinski definition) is 4. The number of phenolic OH excluding ortho intramolecular Hbond substituents is 2. The molecule has 2 amide bonds. The van der Waals surface area contributed by atoms with Crippen LogP contribution >= 0.6 is 0 Å². The number of amides is 2. The molecule has 0 radical (unpaired) electrons. The van der Waals surface area contributed by atoms with Crippen LogP contribution < -0.4 is 10.6 Å². The summed E-state index contributed by atoms with van der Waals surface area (Å²) in [6.07, 6.45) is 3.11. The summed E-state index contributed by atoms with van der Waals surface area (Å²) in [6.45, 7) is 3.33. The lowest BCUT2D eigenvalue weighted by molar-refractivity contribution is -0.145. The molecule has 3 heterocycles. The summed E-state index contributed by atoms with van der Waals surface area (Å²) >= 11 is 0. The third kappa shape index (κ3) is 3.41. The highest BCUT2D eigenvalue weighted by molar-refractivity contribution is 6.00. The minimum Gasteiger partial charge on any atom is -0.504 e. The van der Waals surface area contributed by atoms with E-state index in [-0.39, 0.29) is 41.3 Å². The lowest BCUT2D eigenvalue weighted by atomic mass is 9.75. The van der Waals surface area contributed by atoms with Gasteiger partial charge >= 0.3 is 0 Å². The molecule has 7 nitrogen and oxygen atoms in total. The highest BCUT2D eigenvalue weighted by Crippen LogP contribution is 2.46. The van der Waals surface area contributed by atoms with Crippen molar-refractivity contribution < 1.29 is 19.8 Å². The fraction of sp³-hybridized carbons (Fsp3) is 0.440. The Labute approximate surface area is 187 Å². The van der Waals surface area contributed by atoms with Crippen molar-refractivity contribution in [1.82, 2.24) is 15.5 Å². The van der Waals surface area contributed by atoms with Gasteiger partial charge in [-0.2, -0.15) is 0 Å². The van der Waals surface area contributed by atoms with Crippen LogP contribution in [-0.2, 0) is 11.2 Å². The SMILES string of the molecule is C[C@@H](NC(=O)c1c(O)c(O)cc2c1[C@@H]1C[C@@H]3NCCC[C@@H]3C(=O)N1CC2)c1ccccc1. The summed E-state index contributed by atoms with van der Waals surface area (Å²) in [6, 6.07) is 10.6. The Balaban J connectivity index is 1.53. The third-order valence-electron chi connectivity index (χ3n) is 7.27. The number of phenols is 2. The maximum absolute atomic E-state index is 13.4. The van der Waals surface area contributed by atoms with Crippen molar-refractivity contribution >= 4 is 11.8 Å². The minimum absolute atomic E-state index is 0.0253. The molecule has 0 aromatic heterocycles. The summed E-state index contributed by atoms with van der Waals surface area (Å²) in [5.41, 5.74) is 2.52. The Morgan fingerprint density at radius 2 is 2.03 bits per heavy atom. The number of benzene rings is 2.